The summed E-state index contributed by atoms with van der Waals surface area (Å²) in [5.41, 5.74) is 4.46. The van der Waals surface area contributed by atoms with Crippen molar-refractivity contribution in [2.24, 2.45) is 0 Å². The molecule has 2 rings (SSSR count). The van der Waals surface area contributed by atoms with Gasteiger partial charge < -0.3 is 5.32 Å². The van der Waals surface area contributed by atoms with Crippen LogP contribution in [0.2, 0.25) is 5.02 Å². The Labute approximate surface area is 118 Å². The van der Waals surface area contributed by atoms with E-state index in [2.05, 4.69) is 5.32 Å². The molecule has 98 valence electrons. The number of hydrogen-bond donors (Lipinski definition) is 1. The zero-order valence-corrected chi connectivity index (χ0v) is 12.0. The maximum atomic E-state index is 11.5. The van der Waals surface area contributed by atoms with Crippen molar-refractivity contribution in [1.82, 2.24) is 0 Å². The van der Waals surface area contributed by atoms with Gasteiger partial charge in [0, 0.05) is 11.3 Å². The minimum Gasteiger partial charge on any atom is -0.354 e. The molecule has 0 unspecified atom stereocenters. The topological polar surface area (TPSA) is 29.1 Å². The summed E-state index contributed by atoms with van der Waals surface area (Å²) in [4.78, 5) is 11.5. The number of carbonyl (C=O) groups is 1. The van der Waals surface area contributed by atoms with E-state index in [0.29, 0.717) is 10.6 Å². The number of carbonyl (C=O) groups excluding carboxylic acids is 1. The second-order valence-electron chi connectivity index (χ2n) is 4.60. The van der Waals surface area contributed by atoms with Crippen LogP contribution in [0.5, 0.6) is 0 Å². The van der Waals surface area contributed by atoms with Gasteiger partial charge in [0.05, 0.1) is 10.7 Å². The van der Waals surface area contributed by atoms with Crippen LogP contribution in [0, 0.1) is 13.8 Å². The number of ketones is 1. The van der Waals surface area contributed by atoms with E-state index in [-0.39, 0.29) is 5.78 Å². The number of Topliss-reactive ketones (excluding diaryl/α,β-unsaturated/α-hetero) is 1. The molecule has 0 radical (unpaired) electrons. The SMILES string of the molecule is CC(=O)c1ccc(Nc2ccccc2C)c(Cl)c1C. The summed E-state index contributed by atoms with van der Waals surface area (Å²) in [6, 6.07) is 11.7. The number of hydrogen-bond acceptors (Lipinski definition) is 2. The van der Waals surface area contributed by atoms with Gasteiger partial charge in [0.15, 0.2) is 5.78 Å². The second-order valence-corrected chi connectivity index (χ2v) is 4.97. The molecule has 0 spiro atoms. The molecule has 0 aliphatic heterocycles. The number of benzene rings is 2. The maximum Gasteiger partial charge on any atom is 0.160 e. The third-order valence-electron chi connectivity index (χ3n) is 3.18. The van der Waals surface area contributed by atoms with Gasteiger partial charge in [-0.25, -0.2) is 0 Å². The monoisotopic (exact) mass is 273 g/mol. The first-order valence-electron chi connectivity index (χ1n) is 6.13. The van der Waals surface area contributed by atoms with E-state index in [1.165, 1.54) is 0 Å². The quantitative estimate of drug-likeness (QED) is 0.806. The Bertz CT molecular complexity index is 635. The highest BCUT2D eigenvalue weighted by Crippen LogP contribution is 2.31. The van der Waals surface area contributed by atoms with E-state index in [9.17, 15) is 4.79 Å². The first-order valence-corrected chi connectivity index (χ1v) is 6.51. The average molecular weight is 274 g/mol. The average Bonchev–Trinajstić information content (AvgIpc) is 2.37. The zero-order chi connectivity index (χ0) is 14.0. The van der Waals surface area contributed by atoms with Gasteiger partial charge in [0.2, 0.25) is 0 Å². The van der Waals surface area contributed by atoms with Crippen LogP contribution in [0.4, 0.5) is 11.4 Å². The summed E-state index contributed by atoms with van der Waals surface area (Å²) in [6.45, 7) is 5.45. The lowest BCUT2D eigenvalue weighted by Gasteiger charge is -2.14. The van der Waals surface area contributed by atoms with E-state index >= 15 is 0 Å². The lowest BCUT2D eigenvalue weighted by Crippen LogP contribution is -2.00. The summed E-state index contributed by atoms with van der Waals surface area (Å²) in [5.74, 6) is 0.0295. The van der Waals surface area contributed by atoms with Gasteiger partial charge >= 0.3 is 0 Å². The molecule has 0 aliphatic rings. The number of rotatable bonds is 3. The van der Waals surface area contributed by atoms with Crippen LogP contribution in [0.3, 0.4) is 0 Å². The van der Waals surface area contributed by atoms with Crippen LogP contribution < -0.4 is 5.32 Å². The molecule has 19 heavy (non-hydrogen) atoms. The lowest BCUT2D eigenvalue weighted by molar-refractivity contribution is 0.101. The molecule has 0 aliphatic carbocycles. The van der Waals surface area contributed by atoms with Crippen LogP contribution in [0.15, 0.2) is 36.4 Å². The molecule has 0 fully saturated rings. The number of aryl methyl sites for hydroxylation is 1. The van der Waals surface area contributed by atoms with Gasteiger partial charge in [-0.1, -0.05) is 29.8 Å². The summed E-state index contributed by atoms with van der Waals surface area (Å²) < 4.78 is 0. The highest BCUT2D eigenvalue weighted by Gasteiger charge is 2.11. The van der Waals surface area contributed by atoms with Crippen LogP contribution >= 0.6 is 11.6 Å². The molecule has 2 nitrogen and oxygen atoms in total. The first-order chi connectivity index (χ1) is 9.00. The predicted molar refractivity (Wildman–Crippen MR) is 80.7 cm³/mol. The Morgan fingerprint density at radius 1 is 1.05 bits per heavy atom. The molecule has 0 bridgehead atoms. The van der Waals surface area contributed by atoms with Gasteiger partial charge in [0.1, 0.15) is 0 Å². The molecular weight excluding hydrogens is 258 g/mol. The molecule has 0 amide bonds. The Kier molecular flexibility index (Phi) is 3.91. The molecule has 0 saturated heterocycles. The minimum absolute atomic E-state index is 0.0295. The van der Waals surface area contributed by atoms with Crippen LogP contribution in [-0.2, 0) is 0 Å². The molecular formula is C16H16ClNO. The fraction of sp³-hybridized carbons (Fsp3) is 0.188. The Morgan fingerprint density at radius 2 is 1.74 bits per heavy atom. The van der Waals surface area contributed by atoms with Crippen LogP contribution in [-0.4, -0.2) is 5.78 Å². The Hall–Kier alpha value is -1.80. The molecule has 0 aromatic heterocycles. The summed E-state index contributed by atoms with van der Waals surface area (Å²) in [6.07, 6.45) is 0. The highest BCUT2D eigenvalue weighted by molar-refractivity contribution is 6.34. The Balaban J connectivity index is 2.40. The van der Waals surface area contributed by atoms with Crippen molar-refractivity contribution in [2.75, 3.05) is 5.32 Å². The number of nitrogens with one attached hydrogen (secondary N) is 1. The third kappa shape index (κ3) is 2.79. The lowest BCUT2D eigenvalue weighted by atomic mass is 10.0. The number of anilines is 2. The van der Waals surface area contributed by atoms with Crippen molar-refractivity contribution in [3.05, 3.63) is 58.1 Å². The molecule has 0 heterocycles. The molecule has 0 saturated carbocycles. The van der Waals surface area contributed by atoms with E-state index < -0.39 is 0 Å². The van der Waals surface area contributed by atoms with E-state index in [4.69, 9.17) is 11.6 Å². The van der Waals surface area contributed by atoms with Crippen molar-refractivity contribution < 1.29 is 4.79 Å². The van der Waals surface area contributed by atoms with Gasteiger partial charge in [-0.15, -0.1) is 0 Å². The summed E-state index contributed by atoms with van der Waals surface area (Å²) >= 11 is 6.33. The summed E-state index contributed by atoms with van der Waals surface area (Å²) in [5, 5.41) is 3.90. The molecule has 1 N–H and O–H groups in total. The van der Waals surface area contributed by atoms with Gasteiger partial charge in [-0.3, -0.25) is 4.79 Å². The van der Waals surface area contributed by atoms with E-state index in [1.54, 1.807) is 6.92 Å². The normalized spacial score (nSPS) is 10.3. The number of para-hydroxylation sites is 1. The standard InChI is InChI=1S/C16H16ClNO/c1-10-6-4-5-7-14(10)18-15-9-8-13(12(3)19)11(2)16(15)17/h4-9,18H,1-3H3. The molecule has 2 aromatic rings. The summed E-state index contributed by atoms with van der Waals surface area (Å²) in [7, 11) is 0. The van der Waals surface area contributed by atoms with Crippen molar-refractivity contribution in [1.29, 1.82) is 0 Å². The van der Waals surface area contributed by atoms with Crippen LogP contribution in [0.25, 0.3) is 0 Å². The molecule has 2 aromatic carbocycles. The minimum atomic E-state index is 0.0295. The molecule has 0 atom stereocenters. The third-order valence-corrected chi connectivity index (χ3v) is 3.67. The van der Waals surface area contributed by atoms with Crippen molar-refractivity contribution in [3.8, 4) is 0 Å². The first kappa shape index (κ1) is 13.6. The fourth-order valence-electron chi connectivity index (χ4n) is 2.02. The predicted octanol–water partition coefficient (Wildman–Crippen LogP) is 4.90. The largest absolute Gasteiger partial charge is 0.354 e. The molecule has 3 heteroatoms. The van der Waals surface area contributed by atoms with Gasteiger partial charge in [-0.2, -0.15) is 0 Å². The van der Waals surface area contributed by atoms with Crippen molar-refractivity contribution in [2.45, 2.75) is 20.8 Å². The highest BCUT2D eigenvalue weighted by atomic mass is 35.5. The van der Waals surface area contributed by atoms with Crippen LogP contribution in [0.1, 0.15) is 28.4 Å². The van der Waals surface area contributed by atoms with E-state index in [0.717, 1.165) is 22.5 Å². The smallest absolute Gasteiger partial charge is 0.160 e. The van der Waals surface area contributed by atoms with E-state index in [1.807, 2.05) is 50.2 Å². The van der Waals surface area contributed by atoms with Gasteiger partial charge in [-0.05, 0) is 50.1 Å². The Morgan fingerprint density at radius 3 is 2.37 bits per heavy atom. The second kappa shape index (κ2) is 5.45. The van der Waals surface area contributed by atoms with Crippen molar-refractivity contribution >= 4 is 28.8 Å². The maximum absolute atomic E-state index is 11.5. The van der Waals surface area contributed by atoms with Crippen molar-refractivity contribution in [3.63, 3.8) is 0 Å². The fourth-order valence-corrected chi connectivity index (χ4v) is 2.23. The number of halogens is 1. The zero-order valence-electron chi connectivity index (χ0n) is 11.3. The van der Waals surface area contributed by atoms with Gasteiger partial charge in [0.25, 0.3) is 0 Å².